The highest BCUT2D eigenvalue weighted by Gasteiger charge is 2.22. The molecule has 4 rings (SSSR count). The lowest BCUT2D eigenvalue weighted by Gasteiger charge is -2.07. The summed E-state index contributed by atoms with van der Waals surface area (Å²) in [4.78, 5) is 4.33. The molecule has 130 valence electrons. The molecule has 6 heteroatoms. The number of benzene rings is 2. The van der Waals surface area contributed by atoms with Crippen LogP contribution in [-0.4, -0.2) is 17.4 Å². The Bertz CT molecular complexity index is 1220. The van der Waals surface area contributed by atoms with Gasteiger partial charge in [-0.25, -0.2) is 16.8 Å². The third-order valence-electron chi connectivity index (χ3n) is 4.22. The molecule has 0 bridgehead atoms. The number of fused-ring (bicyclic) bond motifs is 1. The third kappa shape index (κ3) is 2.68. The van der Waals surface area contributed by atoms with Crippen molar-refractivity contribution in [3.05, 3.63) is 84.6 Å². The van der Waals surface area contributed by atoms with Gasteiger partial charge in [0.2, 0.25) is 0 Å². The molecule has 0 fully saturated rings. The first-order valence-corrected chi connectivity index (χ1v) is 9.44. The summed E-state index contributed by atoms with van der Waals surface area (Å²) in [5, 5.41) is 0.651. The van der Waals surface area contributed by atoms with Crippen LogP contribution in [-0.2, 0) is 10.0 Å². The van der Waals surface area contributed by atoms with E-state index >= 15 is 0 Å². The summed E-state index contributed by atoms with van der Waals surface area (Å²) in [5.41, 5.74) is 2.72. The van der Waals surface area contributed by atoms with Crippen LogP contribution in [0.2, 0.25) is 0 Å². The van der Waals surface area contributed by atoms with Gasteiger partial charge in [-0.1, -0.05) is 18.2 Å². The van der Waals surface area contributed by atoms with Crippen LogP contribution >= 0.6 is 0 Å². The fraction of sp³-hybridized carbons (Fsp3) is 0.0500. The maximum Gasteiger partial charge on any atom is 0.268 e. The molecule has 0 spiro atoms. The molecule has 2 heterocycles. The lowest BCUT2D eigenvalue weighted by Crippen LogP contribution is -2.11. The summed E-state index contributed by atoms with van der Waals surface area (Å²) in [6.07, 6.45) is 4.93. The van der Waals surface area contributed by atoms with E-state index in [1.54, 1.807) is 36.7 Å². The monoisotopic (exact) mass is 366 g/mol. The molecular weight excluding hydrogens is 351 g/mol. The first kappa shape index (κ1) is 16.5. The fourth-order valence-electron chi connectivity index (χ4n) is 3.01. The number of pyridine rings is 1. The average Bonchev–Trinajstić information content (AvgIpc) is 3.02. The molecule has 0 N–H and O–H groups in total. The molecule has 0 amide bonds. The minimum Gasteiger partial charge on any atom is -0.264 e. The highest BCUT2D eigenvalue weighted by molar-refractivity contribution is 7.90. The molecule has 26 heavy (non-hydrogen) atoms. The Labute approximate surface area is 150 Å². The van der Waals surface area contributed by atoms with Crippen molar-refractivity contribution in [3.8, 4) is 11.1 Å². The minimum absolute atomic E-state index is 0.148. The van der Waals surface area contributed by atoms with Crippen molar-refractivity contribution in [3.63, 3.8) is 0 Å². The van der Waals surface area contributed by atoms with Gasteiger partial charge in [0.15, 0.2) is 0 Å². The van der Waals surface area contributed by atoms with Gasteiger partial charge in [0.05, 0.1) is 10.4 Å². The molecule has 0 saturated heterocycles. The molecule has 0 atom stereocenters. The van der Waals surface area contributed by atoms with Crippen LogP contribution in [0.15, 0.2) is 78.1 Å². The Balaban J connectivity index is 2.04. The zero-order valence-electron chi connectivity index (χ0n) is 13.9. The van der Waals surface area contributed by atoms with E-state index in [0.29, 0.717) is 16.5 Å². The van der Waals surface area contributed by atoms with E-state index in [1.807, 2.05) is 13.0 Å². The van der Waals surface area contributed by atoms with Crippen LogP contribution in [0, 0.1) is 12.7 Å². The van der Waals surface area contributed by atoms with Crippen LogP contribution in [0.25, 0.3) is 22.0 Å². The second-order valence-corrected chi connectivity index (χ2v) is 7.88. The number of aryl methyl sites for hydroxylation is 1. The Kier molecular flexibility index (Phi) is 3.85. The van der Waals surface area contributed by atoms with Gasteiger partial charge in [-0.2, -0.15) is 0 Å². The van der Waals surface area contributed by atoms with Gasteiger partial charge in [-0.15, -0.1) is 0 Å². The first-order chi connectivity index (χ1) is 12.5. The number of halogens is 1. The zero-order chi connectivity index (χ0) is 18.3. The SMILES string of the molecule is Cc1cncc(-c2cn(S(=O)(=O)c3ccccc3)c3cc(F)ccc23)c1. The number of hydrogen-bond donors (Lipinski definition) is 0. The first-order valence-electron chi connectivity index (χ1n) is 8.00. The summed E-state index contributed by atoms with van der Waals surface area (Å²) in [5.74, 6) is -0.492. The molecule has 4 aromatic rings. The Hall–Kier alpha value is -2.99. The summed E-state index contributed by atoms with van der Waals surface area (Å²) in [7, 11) is -3.85. The predicted octanol–water partition coefficient (Wildman–Crippen LogP) is 4.39. The molecule has 2 aromatic carbocycles. The van der Waals surface area contributed by atoms with Crippen molar-refractivity contribution in [1.29, 1.82) is 0 Å². The largest absolute Gasteiger partial charge is 0.268 e. The van der Waals surface area contributed by atoms with Crippen LogP contribution < -0.4 is 0 Å². The van der Waals surface area contributed by atoms with E-state index in [2.05, 4.69) is 4.98 Å². The lowest BCUT2D eigenvalue weighted by atomic mass is 10.1. The average molecular weight is 366 g/mol. The number of nitrogens with zero attached hydrogens (tertiary/aromatic N) is 2. The van der Waals surface area contributed by atoms with E-state index in [0.717, 1.165) is 15.1 Å². The van der Waals surface area contributed by atoms with Crippen LogP contribution in [0.1, 0.15) is 5.56 Å². The van der Waals surface area contributed by atoms with Gasteiger partial charge in [-0.05, 0) is 48.9 Å². The lowest BCUT2D eigenvalue weighted by molar-refractivity contribution is 0.589. The summed E-state index contributed by atoms with van der Waals surface area (Å²) in [6, 6.07) is 14.2. The van der Waals surface area contributed by atoms with E-state index in [4.69, 9.17) is 0 Å². The van der Waals surface area contributed by atoms with E-state index < -0.39 is 15.8 Å². The maximum atomic E-state index is 13.9. The molecule has 0 aliphatic carbocycles. The third-order valence-corrected chi connectivity index (χ3v) is 5.91. The van der Waals surface area contributed by atoms with Crippen molar-refractivity contribution in [1.82, 2.24) is 8.96 Å². The molecule has 0 aliphatic heterocycles. The Morgan fingerprint density at radius 1 is 1.00 bits per heavy atom. The van der Waals surface area contributed by atoms with E-state index in [1.165, 1.54) is 30.5 Å². The maximum absolute atomic E-state index is 13.9. The molecule has 2 aromatic heterocycles. The van der Waals surface area contributed by atoms with E-state index in [9.17, 15) is 12.8 Å². The molecular formula is C20H15FN2O2S. The molecule has 4 nitrogen and oxygen atoms in total. The van der Waals surface area contributed by atoms with Gasteiger partial charge < -0.3 is 0 Å². The van der Waals surface area contributed by atoms with Crippen LogP contribution in [0.5, 0.6) is 0 Å². The number of aromatic nitrogens is 2. The highest BCUT2D eigenvalue weighted by atomic mass is 32.2. The zero-order valence-corrected chi connectivity index (χ0v) is 14.7. The Morgan fingerprint density at radius 3 is 2.50 bits per heavy atom. The van der Waals surface area contributed by atoms with Crippen molar-refractivity contribution in [2.45, 2.75) is 11.8 Å². The van der Waals surface area contributed by atoms with Gasteiger partial charge >= 0.3 is 0 Å². The van der Waals surface area contributed by atoms with Gasteiger partial charge in [0.1, 0.15) is 5.82 Å². The molecule has 0 saturated carbocycles. The number of hydrogen-bond acceptors (Lipinski definition) is 3. The van der Waals surface area contributed by atoms with Gasteiger partial charge in [-0.3, -0.25) is 4.98 Å². The topological polar surface area (TPSA) is 52.0 Å². The summed E-state index contributed by atoms with van der Waals surface area (Å²) < 4.78 is 41.2. The molecule has 0 radical (unpaired) electrons. The number of rotatable bonds is 3. The van der Waals surface area contributed by atoms with Crippen molar-refractivity contribution >= 4 is 20.9 Å². The smallest absolute Gasteiger partial charge is 0.264 e. The summed E-state index contributed by atoms with van der Waals surface area (Å²) >= 11 is 0. The normalized spacial score (nSPS) is 11.8. The van der Waals surface area contributed by atoms with Crippen molar-refractivity contribution in [2.24, 2.45) is 0 Å². The molecule has 0 unspecified atom stereocenters. The van der Waals surface area contributed by atoms with Gasteiger partial charge in [0, 0.05) is 35.1 Å². The summed E-state index contributed by atoms with van der Waals surface area (Å²) in [6.45, 7) is 1.91. The van der Waals surface area contributed by atoms with Crippen LogP contribution in [0.4, 0.5) is 4.39 Å². The quantitative estimate of drug-likeness (QED) is 0.540. The second kappa shape index (κ2) is 6.07. The Morgan fingerprint density at radius 2 is 1.77 bits per heavy atom. The van der Waals surface area contributed by atoms with Crippen LogP contribution in [0.3, 0.4) is 0 Å². The minimum atomic E-state index is -3.85. The predicted molar refractivity (Wildman–Crippen MR) is 98.9 cm³/mol. The fourth-order valence-corrected chi connectivity index (χ4v) is 4.39. The second-order valence-electron chi connectivity index (χ2n) is 6.07. The van der Waals surface area contributed by atoms with Crippen molar-refractivity contribution in [2.75, 3.05) is 0 Å². The van der Waals surface area contributed by atoms with E-state index in [-0.39, 0.29) is 4.90 Å². The van der Waals surface area contributed by atoms with Gasteiger partial charge in [0.25, 0.3) is 10.0 Å². The van der Waals surface area contributed by atoms with Crippen molar-refractivity contribution < 1.29 is 12.8 Å². The highest BCUT2D eigenvalue weighted by Crippen LogP contribution is 2.33. The molecule has 0 aliphatic rings. The standard InChI is InChI=1S/C20H15FN2O2S/c1-14-9-15(12-22-11-14)19-13-23(20-10-16(21)7-8-18(19)20)26(24,25)17-5-3-2-4-6-17/h2-13H,1H3.